The van der Waals surface area contributed by atoms with Crippen LogP contribution < -0.4 is 0 Å². The second-order valence-electron chi connectivity index (χ2n) is 4.70. The van der Waals surface area contributed by atoms with Crippen LogP contribution in [0.5, 0.6) is 0 Å². The number of rotatable bonds is 7. The average Bonchev–Trinajstić information content (AvgIpc) is 2.39. The predicted molar refractivity (Wildman–Crippen MR) is 67.6 cm³/mol. The topological polar surface area (TPSA) is 109 Å². The van der Waals surface area contributed by atoms with E-state index in [1.165, 1.54) is 6.92 Å². The lowest BCUT2D eigenvalue weighted by Gasteiger charge is -2.33. The molecule has 0 aromatic carbocycles. The molecule has 0 saturated heterocycles. The number of hydrogen-bond acceptors (Lipinski definition) is 6. The molecule has 0 aliphatic rings. The number of alkyl halides is 8. The molecule has 7 nitrogen and oxygen atoms in total. The van der Waals surface area contributed by atoms with E-state index < -0.39 is 55.0 Å². The minimum Gasteiger partial charge on any atom is -0.445 e. The van der Waals surface area contributed by atoms with E-state index in [4.69, 9.17) is 0 Å². The summed E-state index contributed by atoms with van der Waals surface area (Å²) in [4.78, 5) is 11.3. The fourth-order valence-corrected chi connectivity index (χ4v) is 3.30. The third-order valence-electron chi connectivity index (χ3n) is 2.68. The van der Waals surface area contributed by atoms with Gasteiger partial charge in [-0.2, -0.15) is 35.1 Å². The molecule has 0 saturated carbocycles. The van der Waals surface area contributed by atoms with Gasteiger partial charge in [-0.15, -0.1) is 0 Å². The highest BCUT2D eigenvalue weighted by atomic mass is 32.3. The molecule has 0 spiro atoms. The highest BCUT2D eigenvalue weighted by Crippen LogP contribution is 2.43. The molecule has 0 aliphatic carbocycles. The number of halogens is 8. The van der Waals surface area contributed by atoms with Crippen LogP contribution in [0.25, 0.3) is 4.13 Å². The zero-order valence-electron chi connectivity index (χ0n) is 12.6. The van der Waals surface area contributed by atoms with E-state index in [2.05, 4.69) is 4.74 Å². The van der Waals surface area contributed by atoms with E-state index >= 15 is 0 Å². The Hall–Kier alpha value is -1.23. The summed E-state index contributed by atoms with van der Waals surface area (Å²) in [6, 6.07) is 0. The highest BCUT2D eigenvalue weighted by Gasteiger charge is 2.64. The number of ether oxygens (including phenoxy) is 1. The summed E-state index contributed by atoms with van der Waals surface area (Å²) in [5.41, 5.74) is -6.47. The van der Waals surface area contributed by atoms with Crippen molar-refractivity contribution in [3.63, 3.8) is 0 Å². The van der Waals surface area contributed by atoms with Gasteiger partial charge in [0.2, 0.25) is 0 Å². The lowest BCUT2D eigenvalue weighted by molar-refractivity contribution is -0.259. The number of carbonyl (C=O) groups excluding carboxylic acids is 1. The Morgan fingerprint density at radius 3 is 1.69 bits per heavy atom. The van der Waals surface area contributed by atoms with Crippen LogP contribution in [-0.4, -0.2) is 45.8 Å². The normalized spacial score (nSPS) is 16.8. The lowest BCUT2D eigenvalue weighted by atomic mass is 10.1. The predicted octanol–water partition coefficient (Wildman–Crippen LogP) is 2.65. The molecule has 0 radical (unpaired) electrons. The van der Waals surface area contributed by atoms with E-state index in [9.17, 15) is 56.8 Å². The number of nitrogens with zero attached hydrogens (tertiary/aromatic N) is 1. The molecule has 0 aromatic rings. The summed E-state index contributed by atoms with van der Waals surface area (Å²) in [7, 11) is -14.4. The van der Waals surface area contributed by atoms with Crippen LogP contribution in [0.1, 0.15) is 20.3 Å². The smallest absolute Gasteiger partial charge is 0.445 e. The second kappa shape index (κ2) is 7.41. The summed E-state index contributed by atoms with van der Waals surface area (Å²) < 4.78 is 149. The molecule has 0 rings (SSSR count). The van der Waals surface area contributed by atoms with Crippen molar-refractivity contribution in [3.8, 4) is 0 Å². The van der Waals surface area contributed by atoms with E-state index in [0.717, 1.165) is 11.1 Å². The van der Waals surface area contributed by atoms with Gasteiger partial charge in [0.05, 0.1) is 5.92 Å². The van der Waals surface area contributed by atoms with Crippen molar-refractivity contribution in [2.24, 2.45) is 5.92 Å². The monoisotopic (exact) mass is 444 g/mol. The van der Waals surface area contributed by atoms with Gasteiger partial charge in [0.15, 0.2) is 20.0 Å². The maximum absolute atomic E-state index is 13.7. The maximum Gasteiger partial charge on any atom is 0.480 e. The zero-order chi connectivity index (χ0) is 21.4. The van der Waals surface area contributed by atoms with E-state index in [-0.39, 0.29) is 6.42 Å². The molecule has 2 atom stereocenters. The molecule has 2 unspecified atom stereocenters. The summed E-state index contributed by atoms with van der Waals surface area (Å²) in [5, 5.41) is -6.35. The molecule has 0 aliphatic heterocycles. The number of hydrogen-bond donors (Lipinski definition) is 0. The van der Waals surface area contributed by atoms with E-state index in [0.29, 0.717) is 0 Å². The molecule has 0 fully saturated rings. The summed E-state index contributed by atoms with van der Waals surface area (Å²) >= 11 is 0. The average molecular weight is 444 g/mol. The summed E-state index contributed by atoms with van der Waals surface area (Å²) in [5.74, 6) is -3.35. The molecule has 0 heterocycles. The quantitative estimate of drug-likeness (QED) is 0.441. The van der Waals surface area contributed by atoms with Gasteiger partial charge < -0.3 is 8.86 Å². The van der Waals surface area contributed by atoms with Crippen LogP contribution in [0, 0.1) is 5.92 Å². The van der Waals surface area contributed by atoms with Crippen molar-refractivity contribution >= 4 is 26.0 Å². The van der Waals surface area contributed by atoms with Gasteiger partial charge in [-0.25, -0.2) is 16.8 Å². The molecular formula is C9H10F8NO6S2-. The van der Waals surface area contributed by atoms with Gasteiger partial charge in [-0.1, -0.05) is 13.8 Å². The van der Waals surface area contributed by atoms with Crippen molar-refractivity contribution in [2.75, 3.05) is 0 Å². The first-order chi connectivity index (χ1) is 11.2. The molecule has 156 valence electrons. The Bertz CT molecular complexity index is 726. The van der Waals surface area contributed by atoms with Gasteiger partial charge in [-0.05, 0) is 6.42 Å². The van der Waals surface area contributed by atoms with Crippen molar-refractivity contribution < 1.29 is 61.5 Å². The van der Waals surface area contributed by atoms with Crippen LogP contribution in [0.2, 0.25) is 0 Å². The molecule has 26 heavy (non-hydrogen) atoms. The van der Waals surface area contributed by atoms with Crippen LogP contribution >= 0.6 is 0 Å². The standard InChI is InChI=1S/C9H10F8NO6S2/c1-3-4(2)5(19)24-6(7(10,11)12)8(13,14)25(20,21)18-26(22,23)9(15,16)17/h4,6H,3H2,1-2H3/q-1. The van der Waals surface area contributed by atoms with Crippen molar-refractivity contribution in [2.45, 2.75) is 43.3 Å². The van der Waals surface area contributed by atoms with Gasteiger partial charge in [0, 0.05) is 0 Å². The van der Waals surface area contributed by atoms with Gasteiger partial charge >= 0.3 is 22.9 Å². The third-order valence-corrected chi connectivity index (χ3v) is 5.74. The fourth-order valence-electron chi connectivity index (χ4n) is 1.08. The van der Waals surface area contributed by atoms with E-state index in [1.807, 2.05) is 0 Å². The summed E-state index contributed by atoms with van der Waals surface area (Å²) in [6.07, 6.45) is -11.3. The Balaban J connectivity index is 6.06. The number of sulfonamides is 2. The maximum atomic E-state index is 13.7. The molecular weight excluding hydrogens is 434 g/mol. The Labute approximate surface area is 141 Å². The van der Waals surface area contributed by atoms with Crippen LogP contribution in [0.15, 0.2) is 0 Å². The summed E-state index contributed by atoms with van der Waals surface area (Å²) in [6.45, 7) is 2.16. The fraction of sp³-hybridized carbons (Fsp3) is 0.889. The Kier molecular flexibility index (Phi) is 7.06. The molecule has 0 amide bonds. The van der Waals surface area contributed by atoms with Crippen molar-refractivity contribution in [1.29, 1.82) is 0 Å². The van der Waals surface area contributed by atoms with Crippen molar-refractivity contribution in [3.05, 3.63) is 4.13 Å². The van der Waals surface area contributed by atoms with Crippen molar-refractivity contribution in [1.82, 2.24) is 0 Å². The molecule has 0 bridgehead atoms. The molecule has 17 heteroatoms. The molecule has 0 N–H and O–H groups in total. The van der Waals surface area contributed by atoms with Gasteiger partial charge in [-0.3, -0.25) is 4.79 Å². The minimum atomic E-state index is -7.27. The number of carbonyl (C=O) groups is 1. The first-order valence-corrected chi connectivity index (χ1v) is 9.03. The first kappa shape index (κ1) is 24.8. The minimum absolute atomic E-state index is 0.214. The highest BCUT2D eigenvalue weighted by molar-refractivity contribution is 8.13. The first-order valence-electron chi connectivity index (χ1n) is 6.15. The third kappa shape index (κ3) is 5.38. The Morgan fingerprint density at radius 1 is 0.962 bits per heavy atom. The number of esters is 1. The zero-order valence-corrected chi connectivity index (χ0v) is 14.2. The second-order valence-corrected chi connectivity index (χ2v) is 8.20. The Morgan fingerprint density at radius 2 is 1.38 bits per heavy atom. The van der Waals surface area contributed by atoms with Crippen LogP contribution in [-0.2, 0) is 29.6 Å². The SMILES string of the molecule is CCC(C)C(=O)OC(C(F)(F)F)C(F)(F)S(=O)(=O)[N-]S(=O)(=O)C(F)(F)F. The van der Waals surface area contributed by atoms with Crippen LogP contribution in [0.4, 0.5) is 35.1 Å². The van der Waals surface area contributed by atoms with Gasteiger partial charge in [0.1, 0.15) is 0 Å². The largest absolute Gasteiger partial charge is 0.480 e. The van der Waals surface area contributed by atoms with Crippen LogP contribution in [0.3, 0.4) is 0 Å². The van der Waals surface area contributed by atoms with E-state index in [1.54, 1.807) is 0 Å². The lowest BCUT2D eigenvalue weighted by Crippen LogP contribution is -2.53. The van der Waals surface area contributed by atoms with Gasteiger partial charge in [0.25, 0.3) is 6.10 Å². The molecule has 0 aromatic heterocycles.